The lowest BCUT2D eigenvalue weighted by atomic mass is 9.51. The van der Waals surface area contributed by atoms with Crippen molar-refractivity contribution in [3.05, 3.63) is 0 Å². The van der Waals surface area contributed by atoms with Crippen LogP contribution in [0.1, 0.15) is 39.5 Å². The number of ether oxygens (including phenoxy) is 2. The number of hydrogen-bond donors (Lipinski definition) is 3. The van der Waals surface area contributed by atoms with E-state index in [2.05, 4.69) is 27.9 Å². The maximum absolute atomic E-state index is 11.8. The number of hydrogen-bond acceptors (Lipinski definition) is 4. The molecule has 0 aromatic heterocycles. The van der Waals surface area contributed by atoms with Gasteiger partial charge in [0.05, 0.1) is 12.7 Å². The Balaban J connectivity index is 1.84. The second-order valence-corrected chi connectivity index (χ2v) is 6.50. The fraction of sp³-hybridized carbons (Fsp3) is 0.882. The summed E-state index contributed by atoms with van der Waals surface area (Å²) in [6, 6.07) is 0.386. The highest BCUT2D eigenvalue weighted by Gasteiger charge is 2.59. The van der Waals surface area contributed by atoms with Gasteiger partial charge in [0, 0.05) is 38.3 Å². The molecule has 2 saturated carbocycles. The van der Waals surface area contributed by atoms with E-state index in [0.29, 0.717) is 31.3 Å². The fourth-order valence-corrected chi connectivity index (χ4v) is 3.63. The molecule has 0 radical (unpaired) electrons. The summed E-state index contributed by atoms with van der Waals surface area (Å²) in [7, 11) is 1.61. The summed E-state index contributed by atoms with van der Waals surface area (Å²) in [4.78, 5) is 16.2. The summed E-state index contributed by atoms with van der Waals surface area (Å²) in [5.74, 6) is 0.619. The van der Waals surface area contributed by atoms with Crippen LogP contribution in [0.25, 0.3) is 0 Å². The molecule has 3 N–H and O–H groups in total. The molecule has 0 heterocycles. The molecule has 0 aliphatic heterocycles. The topological polar surface area (TPSA) is 84.0 Å². The first-order chi connectivity index (χ1) is 11.7. The number of guanidine groups is 1. The Labute approximate surface area is 145 Å². The first-order valence-electron chi connectivity index (χ1n) is 9.08. The van der Waals surface area contributed by atoms with Crippen LogP contribution in [0, 0.1) is 5.41 Å². The van der Waals surface area contributed by atoms with Crippen LogP contribution in [0.4, 0.5) is 0 Å². The summed E-state index contributed by atoms with van der Waals surface area (Å²) >= 11 is 0. The molecule has 2 unspecified atom stereocenters. The molecule has 138 valence electrons. The van der Waals surface area contributed by atoms with Crippen molar-refractivity contribution in [2.75, 3.05) is 40.0 Å². The molecule has 2 aliphatic carbocycles. The zero-order valence-electron chi connectivity index (χ0n) is 15.2. The first-order valence-corrected chi connectivity index (χ1v) is 9.08. The summed E-state index contributed by atoms with van der Waals surface area (Å²) in [6.45, 7) is 6.77. The van der Waals surface area contributed by atoms with Crippen molar-refractivity contribution >= 4 is 11.9 Å². The second-order valence-electron chi connectivity index (χ2n) is 6.50. The van der Waals surface area contributed by atoms with Gasteiger partial charge in [-0.1, -0.05) is 6.42 Å². The lowest BCUT2D eigenvalue weighted by Gasteiger charge is -2.61. The molecular weight excluding hydrogens is 308 g/mol. The van der Waals surface area contributed by atoms with Crippen molar-refractivity contribution in [1.82, 2.24) is 16.0 Å². The third-order valence-corrected chi connectivity index (χ3v) is 5.10. The van der Waals surface area contributed by atoms with Gasteiger partial charge in [-0.15, -0.1) is 0 Å². The SMILES string of the molecule is CCNC(=NCC(=O)NCCOC)NC1CC(OCC)C12CCC2. The van der Waals surface area contributed by atoms with Crippen LogP contribution in [-0.4, -0.2) is 64.0 Å². The average molecular weight is 340 g/mol. The van der Waals surface area contributed by atoms with Gasteiger partial charge in [0.25, 0.3) is 0 Å². The smallest absolute Gasteiger partial charge is 0.241 e. The van der Waals surface area contributed by atoms with Gasteiger partial charge < -0.3 is 25.4 Å². The van der Waals surface area contributed by atoms with E-state index in [9.17, 15) is 4.79 Å². The predicted octanol–water partition coefficient (Wildman–Crippen LogP) is 0.652. The van der Waals surface area contributed by atoms with Crippen LogP contribution < -0.4 is 16.0 Å². The predicted molar refractivity (Wildman–Crippen MR) is 94.1 cm³/mol. The van der Waals surface area contributed by atoms with E-state index in [1.165, 1.54) is 19.3 Å². The Morgan fingerprint density at radius 2 is 2.08 bits per heavy atom. The lowest BCUT2D eigenvalue weighted by Crippen LogP contribution is -2.68. The lowest BCUT2D eigenvalue weighted by molar-refractivity contribution is -0.168. The van der Waals surface area contributed by atoms with Crippen molar-refractivity contribution in [3.8, 4) is 0 Å². The molecule has 2 atom stereocenters. The Morgan fingerprint density at radius 1 is 1.29 bits per heavy atom. The number of rotatable bonds is 9. The van der Waals surface area contributed by atoms with Crippen molar-refractivity contribution in [2.24, 2.45) is 10.4 Å². The fourth-order valence-electron chi connectivity index (χ4n) is 3.63. The van der Waals surface area contributed by atoms with E-state index >= 15 is 0 Å². The maximum Gasteiger partial charge on any atom is 0.241 e. The molecule has 1 spiro atoms. The highest BCUT2D eigenvalue weighted by Crippen LogP contribution is 2.57. The van der Waals surface area contributed by atoms with Crippen molar-refractivity contribution < 1.29 is 14.3 Å². The molecule has 0 saturated heterocycles. The first kappa shape index (κ1) is 19.0. The van der Waals surface area contributed by atoms with Gasteiger partial charge in [0.2, 0.25) is 5.91 Å². The largest absolute Gasteiger partial charge is 0.383 e. The minimum absolute atomic E-state index is 0.0941. The minimum atomic E-state index is -0.0941. The zero-order chi connectivity index (χ0) is 17.4. The van der Waals surface area contributed by atoms with Gasteiger partial charge in [-0.3, -0.25) is 4.79 Å². The Bertz CT molecular complexity index is 438. The standard InChI is InChI=1S/C17H32N4O3/c1-4-18-16(20-12-15(22)19-9-10-23-3)21-13-11-14(24-5-2)17(13)7-6-8-17/h13-14H,4-12H2,1-3H3,(H,19,22)(H2,18,20,21). The molecule has 2 aliphatic rings. The van der Waals surface area contributed by atoms with E-state index in [0.717, 1.165) is 19.6 Å². The number of nitrogens with one attached hydrogen (secondary N) is 3. The Kier molecular flexibility index (Phi) is 7.30. The van der Waals surface area contributed by atoms with Crippen molar-refractivity contribution in [1.29, 1.82) is 0 Å². The maximum atomic E-state index is 11.8. The average Bonchev–Trinajstić information content (AvgIpc) is 2.50. The highest BCUT2D eigenvalue weighted by molar-refractivity contribution is 5.85. The van der Waals surface area contributed by atoms with Gasteiger partial charge in [0.15, 0.2) is 5.96 Å². The normalized spacial score (nSPS) is 24.9. The van der Waals surface area contributed by atoms with Crippen LogP contribution in [-0.2, 0) is 14.3 Å². The molecule has 2 rings (SSSR count). The van der Waals surface area contributed by atoms with Gasteiger partial charge >= 0.3 is 0 Å². The van der Waals surface area contributed by atoms with Crippen LogP contribution in [0.15, 0.2) is 4.99 Å². The van der Waals surface area contributed by atoms with E-state index < -0.39 is 0 Å². The Morgan fingerprint density at radius 3 is 2.67 bits per heavy atom. The summed E-state index contributed by atoms with van der Waals surface area (Å²) < 4.78 is 10.8. The quantitative estimate of drug-likeness (QED) is 0.326. The van der Waals surface area contributed by atoms with Crippen LogP contribution in [0.3, 0.4) is 0 Å². The van der Waals surface area contributed by atoms with Crippen molar-refractivity contribution in [3.63, 3.8) is 0 Å². The summed E-state index contributed by atoms with van der Waals surface area (Å²) in [6.07, 6.45) is 5.09. The number of carbonyl (C=O) groups is 1. The third-order valence-electron chi connectivity index (χ3n) is 5.10. The summed E-state index contributed by atoms with van der Waals surface area (Å²) in [5.41, 5.74) is 0.271. The number of carbonyl (C=O) groups excluding carboxylic acids is 1. The zero-order valence-corrected chi connectivity index (χ0v) is 15.2. The molecule has 2 fully saturated rings. The van der Waals surface area contributed by atoms with Crippen LogP contribution in [0.2, 0.25) is 0 Å². The number of methoxy groups -OCH3 is 1. The molecule has 0 aromatic carbocycles. The second kappa shape index (κ2) is 9.22. The van der Waals surface area contributed by atoms with E-state index in [-0.39, 0.29) is 17.9 Å². The molecule has 7 nitrogen and oxygen atoms in total. The van der Waals surface area contributed by atoms with Crippen LogP contribution in [0.5, 0.6) is 0 Å². The van der Waals surface area contributed by atoms with E-state index in [1.807, 2.05) is 6.92 Å². The number of aliphatic imine (C=N–C) groups is 1. The van der Waals surface area contributed by atoms with Crippen LogP contribution >= 0.6 is 0 Å². The monoisotopic (exact) mass is 340 g/mol. The van der Waals surface area contributed by atoms with Gasteiger partial charge in [-0.05, 0) is 33.1 Å². The van der Waals surface area contributed by atoms with Gasteiger partial charge in [-0.25, -0.2) is 4.99 Å². The number of nitrogens with zero attached hydrogens (tertiary/aromatic N) is 1. The molecule has 24 heavy (non-hydrogen) atoms. The van der Waals surface area contributed by atoms with Crippen molar-refractivity contribution in [2.45, 2.75) is 51.7 Å². The third kappa shape index (κ3) is 4.39. The highest BCUT2D eigenvalue weighted by atomic mass is 16.5. The van der Waals surface area contributed by atoms with Gasteiger partial charge in [0.1, 0.15) is 6.54 Å². The molecule has 0 aromatic rings. The van der Waals surface area contributed by atoms with E-state index in [1.54, 1.807) is 7.11 Å². The molecule has 1 amide bonds. The molecule has 7 heteroatoms. The Hall–Kier alpha value is -1.34. The van der Waals surface area contributed by atoms with Gasteiger partial charge in [-0.2, -0.15) is 0 Å². The molecule has 0 bridgehead atoms. The number of amides is 1. The molecular formula is C17H32N4O3. The minimum Gasteiger partial charge on any atom is -0.383 e. The summed E-state index contributed by atoms with van der Waals surface area (Å²) in [5, 5.41) is 9.52. The van der Waals surface area contributed by atoms with E-state index in [4.69, 9.17) is 9.47 Å².